The summed E-state index contributed by atoms with van der Waals surface area (Å²) in [5.41, 5.74) is 7.71. The van der Waals surface area contributed by atoms with Gasteiger partial charge >= 0.3 is 0 Å². The van der Waals surface area contributed by atoms with E-state index in [0.717, 1.165) is 12.8 Å². The third kappa shape index (κ3) is 3.07. The Kier molecular flexibility index (Phi) is 3.94. The molecule has 0 aromatic heterocycles. The number of benzene rings is 1. The Morgan fingerprint density at radius 1 is 1.17 bits per heavy atom. The van der Waals surface area contributed by atoms with Crippen molar-refractivity contribution >= 4 is 11.8 Å². The lowest BCUT2D eigenvalue weighted by Gasteiger charge is -2.12. The number of rotatable bonds is 4. The molecule has 0 aliphatic heterocycles. The van der Waals surface area contributed by atoms with Gasteiger partial charge in [0, 0.05) is 6.04 Å². The van der Waals surface area contributed by atoms with E-state index < -0.39 is 0 Å². The van der Waals surface area contributed by atoms with Crippen LogP contribution in [-0.4, -0.2) is 30.9 Å². The molecule has 1 aromatic rings. The second-order valence-corrected chi connectivity index (χ2v) is 4.42. The molecule has 4 N–H and O–H groups in total. The summed E-state index contributed by atoms with van der Waals surface area (Å²) in [6, 6.07) is 8.30. The van der Waals surface area contributed by atoms with Gasteiger partial charge in [0.1, 0.15) is 0 Å². The molecule has 5 nitrogen and oxygen atoms in total. The standard InChI is InChI=1S/C13H17N3O2/c14-7-12(17)15-8-13(18)16-11-5-9-3-1-2-4-10(9)6-11/h1-4,11H,5-8,14H2,(H,15,17)(H,16,18). The molecule has 18 heavy (non-hydrogen) atoms. The molecule has 1 aliphatic carbocycles. The lowest BCUT2D eigenvalue weighted by atomic mass is 10.1. The molecule has 0 saturated carbocycles. The first-order valence-electron chi connectivity index (χ1n) is 6.02. The van der Waals surface area contributed by atoms with E-state index in [9.17, 15) is 9.59 Å². The predicted molar refractivity (Wildman–Crippen MR) is 67.8 cm³/mol. The van der Waals surface area contributed by atoms with Gasteiger partial charge in [-0.1, -0.05) is 24.3 Å². The minimum absolute atomic E-state index is 0.0110. The highest BCUT2D eigenvalue weighted by Crippen LogP contribution is 2.21. The van der Waals surface area contributed by atoms with E-state index in [1.807, 2.05) is 12.1 Å². The number of nitrogens with one attached hydrogen (secondary N) is 2. The highest BCUT2D eigenvalue weighted by atomic mass is 16.2. The maximum absolute atomic E-state index is 11.6. The normalized spacial score (nSPS) is 14.1. The van der Waals surface area contributed by atoms with E-state index >= 15 is 0 Å². The molecule has 2 rings (SSSR count). The third-order valence-corrected chi connectivity index (χ3v) is 3.05. The number of amides is 2. The molecule has 1 aromatic carbocycles. The Balaban J connectivity index is 1.79. The van der Waals surface area contributed by atoms with Crippen molar-refractivity contribution in [1.82, 2.24) is 10.6 Å². The average Bonchev–Trinajstić information content (AvgIpc) is 2.77. The van der Waals surface area contributed by atoms with E-state index in [1.165, 1.54) is 11.1 Å². The lowest BCUT2D eigenvalue weighted by Crippen LogP contribution is -2.43. The predicted octanol–water partition coefficient (Wildman–Crippen LogP) is -0.655. The van der Waals surface area contributed by atoms with E-state index in [4.69, 9.17) is 5.73 Å². The molecule has 0 bridgehead atoms. The number of fused-ring (bicyclic) bond motifs is 1. The average molecular weight is 247 g/mol. The molecule has 1 aliphatic rings. The summed E-state index contributed by atoms with van der Waals surface area (Å²) in [5, 5.41) is 5.36. The largest absolute Gasteiger partial charge is 0.351 e. The van der Waals surface area contributed by atoms with Crippen molar-refractivity contribution in [2.24, 2.45) is 5.73 Å². The molecule has 0 heterocycles. The monoisotopic (exact) mass is 247 g/mol. The van der Waals surface area contributed by atoms with Gasteiger partial charge in [0.05, 0.1) is 13.1 Å². The molecule has 0 radical (unpaired) electrons. The maximum Gasteiger partial charge on any atom is 0.239 e. The van der Waals surface area contributed by atoms with Crippen molar-refractivity contribution < 1.29 is 9.59 Å². The fraction of sp³-hybridized carbons (Fsp3) is 0.385. The van der Waals surface area contributed by atoms with Crippen molar-refractivity contribution in [3.05, 3.63) is 35.4 Å². The summed E-state index contributed by atoms with van der Waals surface area (Å²) < 4.78 is 0. The van der Waals surface area contributed by atoms with E-state index in [-0.39, 0.29) is 30.9 Å². The van der Waals surface area contributed by atoms with Crippen LogP contribution in [0.2, 0.25) is 0 Å². The second-order valence-electron chi connectivity index (χ2n) is 4.42. The number of hydrogen-bond acceptors (Lipinski definition) is 3. The van der Waals surface area contributed by atoms with Crippen LogP contribution in [0.15, 0.2) is 24.3 Å². The first-order valence-corrected chi connectivity index (χ1v) is 6.02. The topological polar surface area (TPSA) is 84.2 Å². The molecule has 2 amide bonds. The van der Waals surface area contributed by atoms with Gasteiger partial charge < -0.3 is 16.4 Å². The number of hydrogen-bond donors (Lipinski definition) is 3. The maximum atomic E-state index is 11.6. The zero-order valence-corrected chi connectivity index (χ0v) is 10.1. The van der Waals surface area contributed by atoms with Gasteiger partial charge in [-0.3, -0.25) is 9.59 Å². The van der Waals surface area contributed by atoms with Crippen LogP contribution in [0.25, 0.3) is 0 Å². The Labute approximate surface area is 106 Å². The summed E-state index contributed by atoms with van der Waals surface area (Å²) >= 11 is 0. The van der Waals surface area contributed by atoms with Gasteiger partial charge in [-0.2, -0.15) is 0 Å². The molecular formula is C13H17N3O2. The Morgan fingerprint density at radius 3 is 2.33 bits per heavy atom. The minimum Gasteiger partial charge on any atom is -0.351 e. The van der Waals surface area contributed by atoms with Gasteiger partial charge in [0.25, 0.3) is 0 Å². The zero-order valence-electron chi connectivity index (χ0n) is 10.1. The van der Waals surface area contributed by atoms with Crippen LogP contribution in [0.4, 0.5) is 0 Å². The van der Waals surface area contributed by atoms with Crippen LogP contribution in [0.1, 0.15) is 11.1 Å². The molecule has 0 fully saturated rings. The fourth-order valence-corrected chi connectivity index (χ4v) is 2.19. The van der Waals surface area contributed by atoms with Crippen molar-refractivity contribution in [3.63, 3.8) is 0 Å². The van der Waals surface area contributed by atoms with Crippen LogP contribution < -0.4 is 16.4 Å². The number of carbonyl (C=O) groups excluding carboxylic acids is 2. The molecule has 96 valence electrons. The Hall–Kier alpha value is -1.88. The van der Waals surface area contributed by atoms with Gasteiger partial charge in [-0.15, -0.1) is 0 Å². The Bertz CT molecular complexity index is 434. The van der Waals surface area contributed by atoms with Crippen molar-refractivity contribution in [1.29, 1.82) is 0 Å². The van der Waals surface area contributed by atoms with E-state index in [1.54, 1.807) is 0 Å². The van der Waals surface area contributed by atoms with Gasteiger partial charge in [-0.25, -0.2) is 0 Å². The summed E-state index contributed by atoms with van der Waals surface area (Å²) in [6.07, 6.45) is 1.71. The molecule has 0 unspecified atom stereocenters. The first-order chi connectivity index (χ1) is 8.69. The smallest absolute Gasteiger partial charge is 0.239 e. The van der Waals surface area contributed by atoms with Crippen molar-refractivity contribution in [2.75, 3.05) is 13.1 Å². The van der Waals surface area contributed by atoms with Crippen LogP contribution in [0.3, 0.4) is 0 Å². The summed E-state index contributed by atoms with van der Waals surface area (Å²) in [4.78, 5) is 22.5. The van der Waals surface area contributed by atoms with Crippen LogP contribution in [0.5, 0.6) is 0 Å². The quantitative estimate of drug-likeness (QED) is 0.660. The molecule has 0 spiro atoms. The number of nitrogens with two attached hydrogens (primary N) is 1. The third-order valence-electron chi connectivity index (χ3n) is 3.05. The highest BCUT2D eigenvalue weighted by Gasteiger charge is 2.22. The van der Waals surface area contributed by atoms with Gasteiger partial charge in [0.2, 0.25) is 11.8 Å². The molecular weight excluding hydrogens is 230 g/mol. The van der Waals surface area contributed by atoms with Crippen molar-refractivity contribution in [3.8, 4) is 0 Å². The van der Waals surface area contributed by atoms with Gasteiger partial charge in [0.15, 0.2) is 0 Å². The van der Waals surface area contributed by atoms with Crippen LogP contribution in [0, 0.1) is 0 Å². The van der Waals surface area contributed by atoms with Crippen LogP contribution in [-0.2, 0) is 22.4 Å². The Morgan fingerprint density at radius 2 is 1.78 bits per heavy atom. The number of carbonyl (C=O) groups is 2. The lowest BCUT2D eigenvalue weighted by molar-refractivity contribution is -0.125. The summed E-state index contributed by atoms with van der Waals surface area (Å²) in [7, 11) is 0. The second kappa shape index (κ2) is 5.64. The van der Waals surface area contributed by atoms with Crippen LogP contribution >= 0.6 is 0 Å². The highest BCUT2D eigenvalue weighted by molar-refractivity contribution is 5.85. The van der Waals surface area contributed by atoms with E-state index in [2.05, 4.69) is 22.8 Å². The van der Waals surface area contributed by atoms with E-state index in [0.29, 0.717) is 0 Å². The molecule has 0 atom stereocenters. The SMILES string of the molecule is NCC(=O)NCC(=O)NC1Cc2ccccc2C1. The molecule has 5 heteroatoms. The fourth-order valence-electron chi connectivity index (χ4n) is 2.19. The van der Waals surface area contributed by atoms with Gasteiger partial charge in [-0.05, 0) is 24.0 Å². The zero-order chi connectivity index (χ0) is 13.0. The minimum atomic E-state index is -0.320. The summed E-state index contributed by atoms with van der Waals surface area (Å²) in [6.45, 7) is -0.106. The summed E-state index contributed by atoms with van der Waals surface area (Å²) in [5.74, 6) is -0.491. The first kappa shape index (κ1) is 12.6. The molecule has 0 saturated heterocycles. The van der Waals surface area contributed by atoms with Crippen molar-refractivity contribution in [2.45, 2.75) is 18.9 Å².